The van der Waals surface area contributed by atoms with Crippen LogP contribution in [0.1, 0.15) is 26.7 Å². The van der Waals surface area contributed by atoms with Gasteiger partial charge in [0.25, 0.3) is 0 Å². The van der Waals surface area contributed by atoms with E-state index < -0.39 is 0 Å². The summed E-state index contributed by atoms with van der Waals surface area (Å²) >= 11 is 8.20. The quantitative estimate of drug-likeness (QED) is 0.512. The molecule has 4 heteroatoms. The molecule has 5 rings (SSSR count). The highest BCUT2D eigenvalue weighted by molar-refractivity contribution is 7.99. The minimum absolute atomic E-state index is 0.106. The Morgan fingerprint density at radius 3 is 2.38 bits per heavy atom. The summed E-state index contributed by atoms with van der Waals surface area (Å²) in [7, 11) is 0. The van der Waals surface area contributed by atoms with E-state index in [0.29, 0.717) is 5.02 Å². The fraction of sp³-hybridized carbons (Fsp3) is 0.0909. The van der Waals surface area contributed by atoms with Crippen molar-refractivity contribution >= 4 is 40.5 Å². The molecular formula is C22H14ClNOS. The highest BCUT2D eigenvalue weighted by Crippen LogP contribution is 2.52. The van der Waals surface area contributed by atoms with Crippen molar-refractivity contribution in [2.45, 2.75) is 10.1 Å². The number of Topliss-reactive ketones (excluding diaryl/α,β-unsaturated/α-hetero) is 1. The molecule has 0 aromatic heterocycles. The fourth-order valence-corrected chi connectivity index (χ4v) is 5.43. The molecule has 0 unspecified atom stereocenters. The smallest absolute Gasteiger partial charge is 0.174 e. The van der Waals surface area contributed by atoms with Gasteiger partial charge in [-0.2, -0.15) is 0 Å². The SMILES string of the molecule is O=C1c2ccccc2C2=Nc3ccccc3S[C@H](c3ccccc3Cl)[C@@H]12. The number of nitrogens with zero attached hydrogens (tertiary/aromatic N) is 1. The Balaban J connectivity index is 1.78. The van der Waals surface area contributed by atoms with Crippen LogP contribution in [0.15, 0.2) is 82.7 Å². The van der Waals surface area contributed by atoms with Gasteiger partial charge in [-0.25, -0.2) is 0 Å². The molecule has 1 aliphatic carbocycles. The Bertz CT molecular complexity index is 1070. The number of ketones is 1. The molecule has 0 amide bonds. The maximum Gasteiger partial charge on any atom is 0.174 e. The number of hydrogen-bond donors (Lipinski definition) is 0. The number of carbonyl (C=O) groups excluding carboxylic acids is 1. The third kappa shape index (κ3) is 2.35. The van der Waals surface area contributed by atoms with E-state index in [-0.39, 0.29) is 17.0 Å². The van der Waals surface area contributed by atoms with Gasteiger partial charge in [0, 0.05) is 21.0 Å². The molecule has 0 saturated carbocycles. The van der Waals surface area contributed by atoms with Crippen molar-refractivity contribution in [2.24, 2.45) is 10.9 Å². The Hall–Kier alpha value is -2.36. The molecule has 0 fully saturated rings. The Morgan fingerprint density at radius 1 is 0.846 bits per heavy atom. The molecule has 0 spiro atoms. The number of benzene rings is 3. The van der Waals surface area contributed by atoms with Gasteiger partial charge in [-0.05, 0) is 23.8 Å². The van der Waals surface area contributed by atoms with Crippen LogP contribution < -0.4 is 0 Å². The summed E-state index contributed by atoms with van der Waals surface area (Å²) in [6.45, 7) is 0. The molecule has 0 bridgehead atoms. The summed E-state index contributed by atoms with van der Waals surface area (Å²) in [5, 5.41) is 0.582. The number of halogens is 1. The second kappa shape index (κ2) is 6.11. The van der Waals surface area contributed by atoms with E-state index in [9.17, 15) is 4.79 Å². The maximum atomic E-state index is 13.3. The van der Waals surface area contributed by atoms with Crippen molar-refractivity contribution in [3.8, 4) is 0 Å². The number of aliphatic imine (C=N–C) groups is 1. The average Bonchev–Trinajstić information content (AvgIpc) is 2.84. The van der Waals surface area contributed by atoms with Crippen LogP contribution in [0.4, 0.5) is 5.69 Å². The van der Waals surface area contributed by atoms with Crippen LogP contribution >= 0.6 is 23.4 Å². The van der Waals surface area contributed by atoms with Crippen molar-refractivity contribution in [1.29, 1.82) is 0 Å². The monoisotopic (exact) mass is 375 g/mol. The number of thioether (sulfide) groups is 1. The number of rotatable bonds is 1. The standard InChI is InChI=1S/C22H14ClNOS/c23-16-10-4-3-9-15(16)22-19-20(13-7-1-2-8-14(13)21(19)25)24-17-11-5-6-12-18(17)26-22/h1-12,19,22H/t19-,22-/m1/s1. The molecule has 1 heterocycles. The van der Waals surface area contributed by atoms with Gasteiger partial charge < -0.3 is 0 Å². The molecule has 2 nitrogen and oxygen atoms in total. The van der Waals surface area contributed by atoms with Gasteiger partial charge >= 0.3 is 0 Å². The molecular weight excluding hydrogens is 362 g/mol. The van der Waals surface area contributed by atoms with E-state index in [1.165, 1.54) is 0 Å². The van der Waals surface area contributed by atoms with Gasteiger partial charge in [0.1, 0.15) is 0 Å². The van der Waals surface area contributed by atoms with E-state index in [1.54, 1.807) is 11.8 Å². The van der Waals surface area contributed by atoms with Gasteiger partial charge in [0.05, 0.1) is 22.6 Å². The zero-order valence-corrected chi connectivity index (χ0v) is 15.3. The van der Waals surface area contributed by atoms with E-state index in [1.807, 2.05) is 66.7 Å². The van der Waals surface area contributed by atoms with Gasteiger partial charge in [-0.15, -0.1) is 11.8 Å². The van der Waals surface area contributed by atoms with Crippen molar-refractivity contribution in [3.63, 3.8) is 0 Å². The lowest BCUT2D eigenvalue weighted by Gasteiger charge is -2.22. The van der Waals surface area contributed by atoms with Crippen LogP contribution in [-0.4, -0.2) is 11.5 Å². The second-order valence-electron chi connectivity index (χ2n) is 6.41. The predicted molar refractivity (Wildman–Crippen MR) is 107 cm³/mol. The van der Waals surface area contributed by atoms with Crippen LogP contribution in [0.25, 0.3) is 0 Å². The first kappa shape index (κ1) is 15.9. The first-order chi connectivity index (χ1) is 12.7. The number of para-hydroxylation sites is 1. The number of hydrogen-bond acceptors (Lipinski definition) is 3. The minimum Gasteiger partial charge on any atom is -0.293 e. The van der Waals surface area contributed by atoms with E-state index in [0.717, 1.165) is 33.0 Å². The molecule has 1 aliphatic heterocycles. The molecule has 3 aromatic rings. The second-order valence-corrected chi connectivity index (χ2v) is 8.00. The summed E-state index contributed by atoms with van der Waals surface area (Å²) in [6, 6.07) is 23.6. The van der Waals surface area contributed by atoms with Gasteiger partial charge in [-0.3, -0.25) is 9.79 Å². The summed E-state index contributed by atoms with van der Waals surface area (Å²) in [5.74, 6) is -0.200. The van der Waals surface area contributed by atoms with Crippen LogP contribution in [0.2, 0.25) is 5.02 Å². The van der Waals surface area contributed by atoms with E-state index in [2.05, 4.69) is 6.07 Å². The van der Waals surface area contributed by atoms with Crippen molar-refractivity contribution < 1.29 is 4.79 Å². The van der Waals surface area contributed by atoms with Crippen molar-refractivity contribution in [1.82, 2.24) is 0 Å². The predicted octanol–water partition coefficient (Wildman–Crippen LogP) is 6.12. The zero-order valence-electron chi connectivity index (χ0n) is 13.7. The van der Waals surface area contributed by atoms with Crippen LogP contribution in [-0.2, 0) is 0 Å². The molecule has 126 valence electrons. The normalized spacial score (nSPS) is 20.7. The van der Waals surface area contributed by atoms with Gasteiger partial charge in [-0.1, -0.05) is 66.2 Å². The lowest BCUT2D eigenvalue weighted by Crippen LogP contribution is -2.22. The highest BCUT2D eigenvalue weighted by Gasteiger charge is 2.44. The maximum absolute atomic E-state index is 13.3. The highest BCUT2D eigenvalue weighted by atomic mass is 35.5. The largest absolute Gasteiger partial charge is 0.293 e. The summed E-state index contributed by atoms with van der Waals surface area (Å²) in [5.41, 5.74) is 4.45. The average molecular weight is 376 g/mol. The topological polar surface area (TPSA) is 29.4 Å². The van der Waals surface area contributed by atoms with E-state index in [4.69, 9.17) is 16.6 Å². The van der Waals surface area contributed by atoms with Crippen LogP contribution in [0.3, 0.4) is 0 Å². The molecule has 26 heavy (non-hydrogen) atoms. The van der Waals surface area contributed by atoms with Crippen LogP contribution in [0, 0.1) is 5.92 Å². The summed E-state index contributed by atoms with van der Waals surface area (Å²) in [4.78, 5) is 19.3. The molecule has 3 aromatic carbocycles. The Morgan fingerprint density at radius 2 is 1.54 bits per heavy atom. The van der Waals surface area contributed by atoms with Crippen LogP contribution in [0.5, 0.6) is 0 Å². The number of carbonyl (C=O) groups is 1. The van der Waals surface area contributed by atoms with Gasteiger partial charge in [0.15, 0.2) is 5.78 Å². The summed E-state index contributed by atoms with van der Waals surface area (Å²) in [6.07, 6.45) is 0. The first-order valence-corrected chi connectivity index (χ1v) is 9.72. The summed E-state index contributed by atoms with van der Waals surface area (Å²) < 4.78 is 0. The van der Waals surface area contributed by atoms with E-state index >= 15 is 0 Å². The number of fused-ring (bicyclic) bond motifs is 4. The molecule has 2 atom stereocenters. The lowest BCUT2D eigenvalue weighted by atomic mass is 9.93. The molecule has 0 saturated heterocycles. The minimum atomic E-state index is -0.329. The third-order valence-corrected chi connectivity index (χ3v) is 6.64. The first-order valence-electron chi connectivity index (χ1n) is 8.46. The molecule has 0 radical (unpaired) electrons. The third-order valence-electron chi connectivity index (χ3n) is 4.92. The van der Waals surface area contributed by atoms with Gasteiger partial charge in [0.2, 0.25) is 0 Å². The lowest BCUT2D eigenvalue weighted by molar-refractivity contribution is 0.0960. The van der Waals surface area contributed by atoms with Crippen molar-refractivity contribution in [2.75, 3.05) is 0 Å². The molecule has 0 N–H and O–H groups in total. The Labute approximate surface area is 160 Å². The zero-order chi connectivity index (χ0) is 17.7. The Kier molecular flexibility index (Phi) is 3.73. The fourth-order valence-electron chi connectivity index (χ4n) is 3.72. The van der Waals surface area contributed by atoms with Crippen molar-refractivity contribution in [3.05, 3.63) is 94.5 Å². The molecule has 2 aliphatic rings.